The fraction of sp³-hybridized carbons (Fsp3) is 0. The summed E-state index contributed by atoms with van der Waals surface area (Å²) in [5.41, 5.74) is 8.57. The van der Waals surface area contributed by atoms with Gasteiger partial charge in [0.25, 0.3) is 0 Å². The molecule has 6 heteroatoms. The Morgan fingerprint density at radius 2 is 2.28 bits per heavy atom. The van der Waals surface area contributed by atoms with Crippen molar-refractivity contribution in [3.05, 3.63) is 40.2 Å². The maximum Gasteiger partial charge on any atom is 0.410 e. The van der Waals surface area contributed by atoms with Crippen LogP contribution in [0.15, 0.2) is 29.8 Å². The second-order valence-corrected chi connectivity index (χ2v) is 4.19. The third-order valence-corrected chi connectivity index (χ3v) is 2.74. The van der Waals surface area contributed by atoms with Crippen LogP contribution in [-0.2, 0) is 0 Å². The Morgan fingerprint density at radius 1 is 1.44 bits per heavy atom. The highest BCUT2D eigenvalue weighted by atomic mass is 32.1. The molecule has 2 aromatic rings. The molecule has 0 unspecified atom stereocenters. The van der Waals surface area contributed by atoms with Crippen molar-refractivity contribution < 1.29 is 9.90 Å². The first kappa shape index (κ1) is 12.0. The molecule has 5 nitrogen and oxygen atoms in total. The van der Waals surface area contributed by atoms with E-state index in [0.29, 0.717) is 10.6 Å². The number of anilines is 2. The van der Waals surface area contributed by atoms with Crippen molar-refractivity contribution in [2.45, 2.75) is 0 Å². The Hall–Kier alpha value is -2.52. The van der Waals surface area contributed by atoms with Crippen LogP contribution in [-0.4, -0.2) is 16.2 Å². The first-order valence-corrected chi connectivity index (χ1v) is 5.84. The van der Waals surface area contributed by atoms with E-state index in [-0.39, 0.29) is 5.82 Å². The molecule has 2 rings (SSSR count). The normalized spacial score (nSPS) is 9.33. The number of thiazole rings is 1. The number of benzene rings is 1. The van der Waals surface area contributed by atoms with Gasteiger partial charge in [-0.2, -0.15) is 0 Å². The Labute approximate surface area is 107 Å². The Bertz CT molecular complexity index is 640. The quantitative estimate of drug-likeness (QED) is 0.541. The number of hydrogen-bond donors (Lipinski definition) is 3. The van der Waals surface area contributed by atoms with E-state index >= 15 is 0 Å². The number of nitrogen functional groups attached to an aromatic ring is 1. The number of nitrogens with one attached hydrogen (secondary N) is 1. The van der Waals surface area contributed by atoms with Crippen LogP contribution in [0.25, 0.3) is 0 Å². The Balaban J connectivity index is 2.25. The molecule has 0 atom stereocenters. The van der Waals surface area contributed by atoms with Gasteiger partial charge in [0.05, 0.1) is 5.51 Å². The van der Waals surface area contributed by atoms with Gasteiger partial charge in [-0.15, -0.1) is 11.3 Å². The standard InChI is InChI=1S/C12H9N3O2S/c13-9-3-1-2-8(6-9)4-5-10-11(14-7-18-10)15-12(16)17/h1-3,6-7,15H,13H2,(H,16,17). The average Bonchev–Trinajstić information content (AvgIpc) is 2.73. The minimum Gasteiger partial charge on any atom is -0.465 e. The summed E-state index contributed by atoms with van der Waals surface area (Å²) in [7, 11) is 0. The van der Waals surface area contributed by atoms with Gasteiger partial charge in [0, 0.05) is 11.3 Å². The van der Waals surface area contributed by atoms with Crippen LogP contribution in [0, 0.1) is 11.8 Å². The van der Waals surface area contributed by atoms with Crippen LogP contribution in [0.3, 0.4) is 0 Å². The predicted molar refractivity (Wildman–Crippen MR) is 70.6 cm³/mol. The van der Waals surface area contributed by atoms with Gasteiger partial charge in [0.15, 0.2) is 5.82 Å². The fourth-order valence-electron chi connectivity index (χ4n) is 1.27. The highest BCUT2D eigenvalue weighted by Gasteiger charge is 2.05. The van der Waals surface area contributed by atoms with E-state index in [9.17, 15) is 4.79 Å². The molecule has 0 aliphatic heterocycles. The summed E-state index contributed by atoms with van der Waals surface area (Å²) in [6.45, 7) is 0. The van der Waals surface area contributed by atoms with E-state index in [1.807, 2.05) is 12.1 Å². The molecule has 0 spiro atoms. The summed E-state index contributed by atoms with van der Waals surface area (Å²) >= 11 is 1.27. The van der Waals surface area contributed by atoms with E-state index in [1.54, 1.807) is 12.1 Å². The van der Waals surface area contributed by atoms with Crippen molar-refractivity contribution in [1.29, 1.82) is 0 Å². The van der Waals surface area contributed by atoms with E-state index < -0.39 is 6.09 Å². The van der Waals surface area contributed by atoms with Gasteiger partial charge in [-0.3, -0.25) is 5.32 Å². The molecule has 0 aliphatic carbocycles. The summed E-state index contributed by atoms with van der Waals surface area (Å²) in [5, 5.41) is 10.8. The minimum atomic E-state index is -1.16. The minimum absolute atomic E-state index is 0.254. The van der Waals surface area contributed by atoms with Crippen molar-refractivity contribution in [3.8, 4) is 11.8 Å². The lowest BCUT2D eigenvalue weighted by atomic mass is 10.2. The highest BCUT2D eigenvalue weighted by molar-refractivity contribution is 7.10. The molecule has 0 fully saturated rings. The van der Waals surface area contributed by atoms with Crippen molar-refractivity contribution in [1.82, 2.24) is 4.98 Å². The smallest absolute Gasteiger partial charge is 0.410 e. The molecule has 1 aromatic carbocycles. The number of nitrogens with zero attached hydrogens (tertiary/aromatic N) is 1. The van der Waals surface area contributed by atoms with Crippen LogP contribution in [0.5, 0.6) is 0 Å². The average molecular weight is 259 g/mol. The molecular formula is C12H9N3O2S. The zero-order valence-corrected chi connectivity index (χ0v) is 9.99. The topological polar surface area (TPSA) is 88.2 Å². The number of carbonyl (C=O) groups is 1. The highest BCUT2D eigenvalue weighted by Crippen LogP contribution is 2.17. The van der Waals surface area contributed by atoms with Gasteiger partial charge in [-0.05, 0) is 24.1 Å². The third-order valence-electron chi connectivity index (χ3n) is 2.00. The third kappa shape index (κ3) is 2.99. The zero-order valence-electron chi connectivity index (χ0n) is 9.18. The van der Waals surface area contributed by atoms with Gasteiger partial charge < -0.3 is 10.8 Å². The SMILES string of the molecule is Nc1cccc(C#Cc2scnc2NC(=O)O)c1. The molecule has 1 aromatic heterocycles. The summed E-state index contributed by atoms with van der Waals surface area (Å²) in [5.74, 6) is 6.03. The Morgan fingerprint density at radius 3 is 3.00 bits per heavy atom. The number of nitrogens with two attached hydrogens (primary N) is 1. The lowest BCUT2D eigenvalue weighted by molar-refractivity contribution is 0.209. The molecule has 0 bridgehead atoms. The molecule has 0 aliphatic rings. The van der Waals surface area contributed by atoms with Gasteiger partial charge >= 0.3 is 6.09 Å². The molecule has 90 valence electrons. The molecule has 0 saturated heterocycles. The predicted octanol–water partition coefficient (Wildman–Crippen LogP) is 2.21. The van der Waals surface area contributed by atoms with Crippen molar-refractivity contribution >= 4 is 28.9 Å². The van der Waals surface area contributed by atoms with Crippen molar-refractivity contribution in [3.63, 3.8) is 0 Å². The molecule has 1 heterocycles. The molecule has 18 heavy (non-hydrogen) atoms. The van der Waals surface area contributed by atoms with Crippen LogP contribution >= 0.6 is 11.3 Å². The summed E-state index contributed by atoms with van der Waals surface area (Å²) in [6.07, 6.45) is -1.16. The maximum atomic E-state index is 10.5. The monoisotopic (exact) mass is 259 g/mol. The molecule has 4 N–H and O–H groups in total. The van der Waals surface area contributed by atoms with Crippen molar-refractivity contribution in [2.24, 2.45) is 0 Å². The summed E-state index contributed by atoms with van der Waals surface area (Å²) in [4.78, 5) is 15.0. The number of aromatic nitrogens is 1. The van der Waals surface area contributed by atoms with Crippen LogP contribution in [0.1, 0.15) is 10.4 Å². The van der Waals surface area contributed by atoms with Crippen LogP contribution < -0.4 is 11.1 Å². The van der Waals surface area contributed by atoms with Gasteiger partial charge in [0.2, 0.25) is 0 Å². The van der Waals surface area contributed by atoms with E-state index in [2.05, 4.69) is 22.1 Å². The second kappa shape index (κ2) is 5.21. The van der Waals surface area contributed by atoms with Crippen LogP contribution in [0.4, 0.5) is 16.3 Å². The van der Waals surface area contributed by atoms with Gasteiger partial charge in [-0.1, -0.05) is 12.0 Å². The zero-order chi connectivity index (χ0) is 13.0. The first-order valence-electron chi connectivity index (χ1n) is 4.96. The molecule has 0 radical (unpaired) electrons. The number of hydrogen-bond acceptors (Lipinski definition) is 4. The van der Waals surface area contributed by atoms with E-state index in [1.165, 1.54) is 16.8 Å². The number of amides is 1. The van der Waals surface area contributed by atoms with Crippen LogP contribution in [0.2, 0.25) is 0 Å². The largest absolute Gasteiger partial charge is 0.465 e. The van der Waals surface area contributed by atoms with Crippen molar-refractivity contribution in [2.75, 3.05) is 11.1 Å². The number of carboxylic acid groups (broad SMARTS) is 1. The van der Waals surface area contributed by atoms with E-state index in [4.69, 9.17) is 10.8 Å². The van der Waals surface area contributed by atoms with Gasteiger partial charge in [0.1, 0.15) is 4.88 Å². The lowest BCUT2D eigenvalue weighted by Crippen LogP contribution is -2.08. The Kier molecular flexibility index (Phi) is 3.46. The fourth-order valence-corrected chi connectivity index (χ4v) is 1.86. The first-order chi connectivity index (χ1) is 8.65. The second-order valence-electron chi connectivity index (χ2n) is 3.34. The summed E-state index contributed by atoms with van der Waals surface area (Å²) < 4.78 is 0. The van der Waals surface area contributed by atoms with E-state index in [0.717, 1.165) is 5.56 Å². The lowest BCUT2D eigenvalue weighted by Gasteiger charge is -1.95. The molecule has 1 amide bonds. The maximum absolute atomic E-state index is 10.5. The number of rotatable bonds is 1. The summed E-state index contributed by atoms with van der Waals surface area (Å²) in [6, 6.07) is 7.16. The molecule has 0 saturated carbocycles. The van der Waals surface area contributed by atoms with Gasteiger partial charge in [-0.25, -0.2) is 9.78 Å². The molecular weight excluding hydrogens is 250 g/mol.